The first kappa shape index (κ1) is 16.3. The molecule has 0 aliphatic heterocycles. The van der Waals surface area contributed by atoms with Crippen LogP contribution in [0, 0.1) is 22.7 Å². The molecule has 2 saturated carbocycles. The summed E-state index contributed by atoms with van der Waals surface area (Å²) < 4.78 is 0. The lowest BCUT2D eigenvalue weighted by molar-refractivity contribution is -0.144. The highest BCUT2D eigenvalue weighted by molar-refractivity contribution is 5.85. The van der Waals surface area contributed by atoms with Crippen molar-refractivity contribution in [2.45, 2.75) is 59.8 Å². The molecule has 0 aromatic carbocycles. The van der Waals surface area contributed by atoms with E-state index in [1.165, 1.54) is 11.1 Å². The molecule has 2 fully saturated rings. The van der Waals surface area contributed by atoms with Crippen LogP contribution in [-0.2, 0) is 4.79 Å². The Hall–Kier alpha value is -1.11. The molecule has 0 unspecified atom stereocenters. The Balaban J connectivity index is 2.34. The summed E-state index contributed by atoms with van der Waals surface area (Å²) in [5, 5.41) is 0. The van der Waals surface area contributed by atoms with Crippen LogP contribution in [-0.4, -0.2) is 5.78 Å². The van der Waals surface area contributed by atoms with E-state index >= 15 is 0 Å². The van der Waals surface area contributed by atoms with E-state index in [-0.39, 0.29) is 10.8 Å². The zero-order valence-electron chi connectivity index (χ0n) is 14.2. The molecule has 0 heterocycles. The van der Waals surface area contributed by atoms with Gasteiger partial charge in [-0.05, 0) is 49.9 Å². The molecule has 0 spiro atoms. The zero-order chi connectivity index (χ0) is 15.8. The molecule has 2 rings (SSSR count). The summed E-state index contributed by atoms with van der Waals surface area (Å²) in [6, 6.07) is 0. The predicted molar refractivity (Wildman–Crippen MR) is 90.1 cm³/mol. The predicted octanol–water partition coefficient (Wildman–Crippen LogP) is 5.49. The minimum Gasteiger partial charge on any atom is -0.299 e. The van der Waals surface area contributed by atoms with Crippen LogP contribution >= 0.6 is 0 Å². The third kappa shape index (κ3) is 2.67. The number of hydrogen-bond donors (Lipinski definition) is 0. The molecule has 116 valence electrons. The van der Waals surface area contributed by atoms with Crippen LogP contribution in [0.15, 0.2) is 36.5 Å². The summed E-state index contributed by atoms with van der Waals surface area (Å²) in [7, 11) is 0. The fourth-order valence-corrected chi connectivity index (χ4v) is 4.80. The summed E-state index contributed by atoms with van der Waals surface area (Å²) in [5.74, 6) is 1.44. The van der Waals surface area contributed by atoms with Crippen molar-refractivity contribution in [2.24, 2.45) is 22.7 Å². The molecule has 0 aromatic rings. The molecular weight excluding hydrogens is 256 g/mol. The Bertz CT molecular complexity index is 494. The number of ketones is 1. The summed E-state index contributed by atoms with van der Waals surface area (Å²) >= 11 is 0. The number of hydrogen-bond acceptors (Lipinski definition) is 1. The van der Waals surface area contributed by atoms with Gasteiger partial charge in [0.25, 0.3) is 0 Å². The minimum absolute atomic E-state index is 0.177. The lowest BCUT2D eigenvalue weighted by Gasteiger charge is -2.57. The van der Waals surface area contributed by atoms with Crippen LogP contribution < -0.4 is 0 Å². The van der Waals surface area contributed by atoms with Gasteiger partial charge in [0.1, 0.15) is 5.78 Å². The maximum absolute atomic E-state index is 12.4. The van der Waals surface area contributed by atoms with E-state index in [1.54, 1.807) is 0 Å². The van der Waals surface area contributed by atoms with E-state index in [1.807, 2.05) is 6.08 Å². The van der Waals surface area contributed by atoms with E-state index in [9.17, 15) is 4.79 Å². The van der Waals surface area contributed by atoms with Gasteiger partial charge in [-0.15, -0.1) is 0 Å². The summed E-state index contributed by atoms with van der Waals surface area (Å²) in [5.41, 5.74) is 2.65. The van der Waals surface area contributed by atoms with Gasteiger partial charge in [-0.1, -0.05) is 57.2 Å². The molecule has 0 saturated heterocycles. The second-order valence-corrected chi connectivity index (χ2v) is 7.84. The molecular formula is C20H30O. The zero-order valence-corrected chi connectivity index (χ0v) is 14.2. The number of rotatable bonds is 3. The molecule has 0 N–H and O–H groups in total. The first-order chi connectivity index (χ1) is 9.73. The van der Waals surface area contributed by atoms with Crippen molar-refractivity contribution in [1.29, 1.82) is 0 Å². The van der Waals surface area contributed by atoms with Crippen LogP contribution in [0.2, 0.25) is 0 Å². The largest absolute Gasteiger partial charge is 0.299 e. The van der Waals surface area contributed by atoms with Crippen LogP contribution in [0.3, 0.4) is 0 Å². The van der Waals surface area contributed by atoms with Crippen LogP contribution in [0.1, 0.15) is 59.8 Å². The lowest BCUT2D eigenvalue weighted by Crippen LogP contribution is -2.53. The van der Waals surface area contributed by atoms with Crippen molar-refractivity contribution >= 4 is 5.78 Å². The molecule has 2 aliphatic carbocycles. The van der Waals surface area contributed by atoms with E-state index in [4.69, 9.17) is 0 Å². The molecule has 0 bridgehead atoms. The molecule has 0 amide bonds. The average molecular weight is 286 g/mol. The van der Waals surface area contributed by atoms with Crippen molar-refractivity contribution in [1.82, 2.24) is 0 Å². The third-order valence-electron chi connectivity index (χ3n) is 6.32. The average Bonchev–Trinajstić information content (AvgIpc) is 2.42. The molecule has 1 nitrogen and oxygen atoms in total. The van der Waals surface area contributed by atoms with Gasteiger partial charge in [0, 0.05) is 11.8 Å². The SMILES string of the molecule is C=C/C(C)=C/C[C@H]1C(=C)CC[C@@H]2C(C)(C)C(=O)CC[C@@]21C. The Morgan fingerprint density at radius 3 is 2.62 bits per heavy atom. The summed E-state index contributed by atoms with van der Waals surface area (Å²) in [6.07, 6.45) is 9.18. The van der Waals surface area contributed by atoms with Gasteiger partial charge in [-0.25, -0.2) is 0 Å². The molecule has 0 aromatic heterocycles. The normalized spacial score (nSPS) is 36.3. The number of carbonyl (C=O) groups excluding carboxylic acids is 1. The van der Waals surface area contributed by atoms with Crippen LogP contribution in [0.5, 0.6) is 0 Å². The number of fused-ring (bicyclic) bond motifs is 1. The minimum atomic E-state index is -0.177. The monoisotopic (exact) mass is 286 g/mol. The summed E-state index contributed by atoms with van der Waals surface area (Å²) in [4.78, 5) is 12.4. The number of allylic oxidation sites excluding steroid dienone is 4. The molecule has 1 heteroatoms. The maximum atomic E-state index is 12.4. The second-order valence-electron chi connectivity index (χ2n) is 7.84. The Morgan fingerprint density at radius 1 is 1.33 bits per heavy atom. The van der Waals surface area contributed by atoms with Crippen LogP contribution in [0.4, 0.5) is 0 Å². The van der Waals surface area contributed by atoms with Gasteiger partial charge >= 0.3 is 0 Å². The van der Waals surface area contributed by atoms with Crippen molar-refractivity contribution in [2.75, 3.05) is 0 Å². The Kier molecular flexibility index (Phi) is 4.33. The van der Waals surface area contributed by atoms with Gasteiger partial charge in [0.05, 0.1) is 0 Å². The van der Waals surface area contributed by atoms with E-state index in [0.717, 1.165) is 32.1 Å². The number of Topliss-reactive ketones (excluding diaryl/α,β-unsaturated/α-hetero) is 1. The van der Waals surface area contributed by atoms with Crippen molar-refractivity contribution in [3.8, 4) is 0 Å². The highest BCUT2D eigenvalue weighted by atomic mass is 16.1. The fourth-order valence-electron chi connectivity index (χ4n) is 4.80. The van der Waals surface area contributed by atoms with E-state index in [2.05, 4.69) is 46.9 Å². The highest BCUT2D eigenvalue weighted by Crippen LogP contribution is 2.60. The standard InChI is InChI=1S/C20H30O/c1-7-14(2)8-10-16-15(3)9-11-17-19(4,5)18(21)12-13-20(16,17)6/h7-8,16-17H,1,3,9-13H2,2,4-6H3/b14-8+/t16-,17+,20+/m0/s1. The fraction of sp³-hybridized carbons (Fsp3) is 0.650. The first-order valence-corrected chi connectivity index (χ1v) is 8.23. The van der Waals surface area contributed by atoms with Gasteiger partial charge in [-0.3, -0.25) is 4.79 Å². The molecule has 21 heavy (non-hydrogen) atoms. The lowest BCUT2D eigenvalue weighted by atomic mass is 9.47. The molecule has 2 aliphatic rings. The second kappa shape index (κ2) is 5.59. The van der Waals surface area contributed by atoms with Gasteiger partial charge < -0.3 is 0 Å². The van der Waals surface area contributed by atoms with E-state index < -0.39 is 0 Å². The first-order valence-electron chi connectivity index (χ1n) is 8.23. The summed E-state index contributed by atoms with van der Waals surface area (Å²) in [6.45, 7) is 17.0. The molecule has 3 atom stereocenters. The van der Waals surface area contributed by atoms with Crippen molar-refractivity contribution in [3.05, 3.63) is 36.5 Å². The van der Waals surface area contributed by atoms with E-state index in [0.29, 0.717) is 17.6 Å². The quantitative estimate of drug-likeness (QED) is 0.495. The van der Waals surface area contributed by atoms with Crippen molar-refractivity contribution in [3.63, 3.8) is 0 Å². The van der Waals surface area contributed by atoms with Gasteiger partial charge in [0.15, 0.2) is 0 Å². The number of carbonyl (C=O) groups is 1. The van der Waals surface area contributed by atoms with Gasteiger partial charge in [0.2, 0.25) is 0 Å². The smallest absolute Gasteiger partial charge is 0.138 e. The maximum Gasteiger partial charge on any atom is 0.138 e. The van der Waals surface area contributed by atoms with Crippen molar-refractivity contribution < 1.29 is 4.79 Å². The topological polar surface area (TPSA) is 17.1 Å². The molecule has 0 radical (unpaired) electrons. The van der Waals surface area contributed by atoms with Crippen LogP contribution in [0.25, 0.3) is 0 Å². The highest BCUT2D eigenvalue weighted by Gasteiger charge is 2.55. The Morgan fingerprint density at radius 2 is 2.00 bits per heavy atom. The van der Waals surface area contributed by atoms with Gasteiger partial charge in [-0.2, -0.15) is 0 Å². The third-order valence-corrected chi connectivity index (χ3v) is 6.32. The Labute approximate surface area is 130 Å².